The number of alkyl halides is 3. The Morgan fingerprint density at radius 3 is 2.00 bits per heavy atom. The number of carbonyl (C=O) groups excluding carboxylic acids is 2. The largest absolute Gasteiger partial charge is 0.492 e. The van der Waals surface area contributed by atoms with Crippen molar-refractivity contribution < 1.29 is 27.5 Å². The Morgan fingerprint density at radius 1 is 0.920 bits per heavy atom. The Labute approximate surface area is 141 Å². The van der Waals surface area contributed by atoms with Crippen LogP contribution in [0.3, 0.4) is 0 Å². The van der Waals surface area contributed by atoms with Gasteiger partial charge in [0, 0.05) is 0 Å². The van der Waals surface area contributed by atoms with Crippen LogP contribution in [0.25, 0.3) is 0 Å². The molecule has 5 nitrogen and oxygen atoms in total. The Bertz CT molecular complexity index is 794. The van der Waals surface area contributed by atoms with Crippen molar-refractivity contribution in [3.63, 3.8) is 0 Å². The highest BCUT2D eigenvalue weighted by atomic mass is 19.4. The van der Waals surface area contributed by atoms with Gasteiger partial charge in [-0.05, 0) is 31.2 Å². The highest BCUT2D eigenvalue weighted by molar-refractivity contribution is 5.57. The molecule has 0 fully saturated rings. The molecule has 0 heterocycles. The third-order valence-corrected chi connectivity index (χ3v) is 2.71. The number of benzene rings is 2. The monoisotopic (exact) mass is 350 g/mol. The third kappa shape index (κ3) is 6.43. The van der Waals surface area contributed by atoms with Crippen LogP contribution in [0, 0.1) is 0 Å². The molecule has 0 aliphatic heterocycles. The fourth-order valence-corrected chi connectivity index (χ4v) is 1.74. The van der Waals surface area contributed by atoms with Crippen molar-refractivity contribution >= 4 is 23.5 Å². The smallest absolute Gasteiger partial charge is 0.418 e. The standard InChI is InChI=1S/C9H9NO2.C8H4F3NO/c1-2-12-9-6-4-3-5-8(9)10-7-11;9-8(10,11)6-3-1-2-4-7(6)12-5-13/h3-6H,2H2,1H3;1-4H. The average Bonchev–Trinajstić information content (AvgIpc) is 2.58. The van der Waals surface area contributed by atoms with E-state index in [1.807, 2.05) is 13.0 Å². The summed E-state index contributed by atoms with van der Waals surface area (Å²) in [5.41, 5.74) is -0.822. The van der Waals surface area contributed by atoms with Crippen molar-refractivity contribution in [2.24, 2.45) is 9.98 Å². The van der Waals surface area contributed by atoms with Gasteiger partial charge in [0.15, 0.2) is 0 Å². The lowest BCUT2D eigenvalue weighted by atomic mass is 10.2. The van der Waals surface area contributed by atoms with Crippen molar-refractivity contribution in [2.75, 3.05) is 6.61 Å². The van der Waals surface area contributed by atoms with Crippen LogP contribution in [0.15, 0.2) is 58.5 Å². The molecular formula is C17H13F3N2O3. The van der Waals surface area contributed by atoms with Crippen LogP contribution in [-0.2, 0) is 15.8 Å². The van der Waals surface area contributed by atoms with E-state index in [0.717, 1.165) is 18.2 Å². The summed E-state index contributed by atoms with van der Waals surface area (Å²) in [5.74, 6) is 0.614. The van der Waals surface area contributed by atoms with Gasteiger partial charge in [-0.15, -0.1) is 0 Å². The van der Waals surface area contributed by atoms with Gasteiger partial charge in [0.1, 0.15) is 11.4 Å². The number of hydrogen-bond donors (Lipinski definition) is 0. The average molecular weight is 350 g/mol. The van der Waals surface area contributed by atoms with Crippen molar-refractivity contribution in [3.05, 3.63) is 54.1 Å². The van der Waals surface area contributed by atoms with Crippen molar-refractivity contribution in [3.8, 4) is 5.75 Å². The molecule has 0 N–H and O–H groups in total. The Morgan fingerprint density at radius 2 is 1.44 bits per heavy atom. The summed E-state index contributed by atoms with van der Waals surface area (Å²) in [6, 6.07) is 11.6. The molecule has 0 saturated heterocycles. The summed E-state index contributed by atoms with van der Waals surface area (Å²) in [4.78, 5) is 26.2. The Balaban J connectivity index is 0.000000251. The van der Waals surface area contributed by atoms with Gasteiger partial charge >= 0.3 is 6.18 Å². The van der Waals surface area contributed by atoms with Crippen LogP contribution in [-0.4, -0.2) is 18.8 Å². The van der Waals surface area contributed by atoms with E-state index >= 15 is 0 Å². The van der Waals surface area contributed by atoms with E-state index in [1.54, 1.807) is 18.2 Å². The fourth-order valence-electron chi connectivity index (χ4n) is 1.74. The fraction of sp³-hybridized carbons (Fsp3) is 0.176. The first-order valence-corrected chi connectivity index (χ1v) is 6.97. The Hall–Kier alpha value is -3.21. The minimum Gasteiger partial charge on any atom is -0.492 e. The maximum atomic E-state index is 12.2. The summed E-state index contributed by atoms with van der Waals surface area (Å²) in [6.07, 6.45) is -1.94. The van der Waals surface area contributed by atoms with Gasteiger partial charge in [0.2, 0.25) is 12.2 Å². The van der Waals surface area contributed by atoms with E-state index < -0.39 is 17.4 Å². The van der Waals surface area contributed by atoms with Gasteiger partial charge in [-0.2, -0.15) is 23.2 Å². The topological polar surface area (TPSA) is 68.1 Å². The summed E-state index contributed by atoms with van der Waals surface area (Å²) in [5, 5.41) is 0. The number of aliphatic imine (C=N–C) groups is 2. The van der Waals surface area contributed by atoms with Gasteiger partial charge in [-0.1, -0.05) is 24.3 Å². The van der Waals surface area contributed by atoms with Gasteiger partial charge < -0.3 is 4.74 Å². The molecule has 0 spiro atoms. The normalized spacial score (nSPS) is 9.76. The first kappa shape index (κ1) is 19.8. The molecule has 0 aromatic heterocycles. The maximum Gasteiger partial charge on any atom is 0.418 e. The van der Waals surface area contributed by atoms with E-state index in [-0.39, 0.29) is 0 Å². The number of isocyanates is 2. The second-order valence-electron chi connectivity index (χ2n) is 4.32. The molecule has 0 aliphatic rings. The zero-order valence-corrected chi connectivity index (χ0v) is 13.1. The molecule has 2 rings (SSSR count). The second-order valence-corrected chi connectivity index (χ2v) is 4.32. The first-order chi connectivity index (χ1) is 11.9. The number of para-hydroxylation sites is 3. The summed E-state index contributed by atoms with van der Waals surface area (Å²) < 4.78 is 41.8. The molecule has 0 unspecified atom stereocenters. The molecule has 0 saturated carbocycles. The quantitative estimate of drug-likeness (QED) is 0.591. The SMILES string of the molecule is CCOc1ccccc1N=C=O.O=C=Nc1ccccc1C(F)(F)F. The van der Waals surface area contributed by atoms with Crippen molar-refractivity contribution in [2.45, 2.75) is 13.1 Å². The number of hydrogen-bond acceptors (Lipinski definition) is 5. The van der Waals surface area contributed by atoms with E-state index in [9.17, 15) is 22.8 Å². The summed E-state index contributed by atoms with van der Waals surface area (Å²) in [6.45, 7) is 2.44. The van der Waals surface area contributed by atoms with E-state index in [0.29, 0.717) is 18.0 Å². The number of ether oxygens (including phenoxy) is 1. The number of nitrogens with zero attached hydrogens (tertiary/aromatic N) is 2. The lowest BCUT2D eigenvalue weighted by molar-refractivity contribution is -0.137. The van der Waals surface area contributed by atoms with Gasteiger partial charge in [0.05, 0.1) is 17.9 Å². The van der Waals surface area contributed by atoms with E-state index in [1.165, 1.54) is 18.2 Å². The molecular weight excluding hydrogens is 337 g/mol. The minimum atomic E-state index is -4.49. The van der Waals surface area contributed by atoms with Crippen LogP contribution in [0.2, 0.25) is 0 Å². The lowest BCUT2D eigenvalue weighted by Crippen LogP contribution is -2.04. The van der Waals surface area contributed by atoms with E-state index in [2.05, 4.69) is 9.98 Å². The van der Waals surface area contributed by atoms with Crippen LogP contribution < -0.4 is 4.74 Å². The molecule has 0 radical (unpaired) electrons. The molecule has 2 aromatic rings. The lowest BCUT2D eigenvalue weighted by Gasteiger charge is -2.07. The van der Waals surface area contributed by atoms with Crippen LogP contribution in [0.1, 0.15) is 12.5 Å². The third-order valence-electron chi connectivity index (χ3n) is 2.71. The minimum absolute atomic E-state index is 0.412. The van der Waals surface area contributed by atoms with Gasteiger partial charge in [-0.25, -0.2) is 9.59 Å². The van der Waals surface area contributed by atoms with Crippen LogP contribution >= 0.6 is 0 Å². The highest BCUT2D eigenvalue weighted by Crippen LogP contribution is 2.35. The molecule has 130 valence electrons. The molecule has 2 aromatic carbocycles. The molecule has 0 bridgehead atoms. The highest BCUT2D eigenvalue weighted by Gasteiger charge is 2.33. The maximum absolute atomic E-state index is 12.2. The predicted octanol–water partition coefficient (Wildman–Crippen LogP) is 4.73. The van der Waals surface area contributed by atoms with Crippen molar-refractivity contribution in [1.82, 2.24) is 0 Å². The molecule has 8 heteroatoms. The molecule has 0 amide bonds. The predicted molar refractivity (Wildman–Crippen MR) is 84.6 cm³/mol. The zero-order chi connectivity index (χ0) is 18.7. The molecule has 0 atom stereocenters. The van der Waals surface area contributed by atoms with E-state index in [4.69, 9.17) is 4.74 Å². The Kier molecular flexibility index (Phi) is 7.79. The molecule has 0 aliphatic carbocycles. The first-order valence-electron chi connectivity index (χ1n) is 6.97. The summed E-state index contributed by atoms with van der Waals surface area (Å²) >= 11 is 0. The van der Waals surface area contributed by atoms with Crippen LogP contribution in [0.4, 0.5) is 24.5 Å². The van der Waals surface area contributed by atoms with Gasteiger partial charge in [-0.3, -0.25) is 0 Å². The van der Waals surface area contributed by atoms with Gasteiger partial charge in [0.25, 0.3) is 0 Å². The number of halogens is 3. The number of rotatable bonds is 4. The van der Waals surface area contributed by atoms with Crippen LogP contribution in [0.5, 0.6) is 5.75 Å². The van der Waals surface area contributed by atoms with Crippen molar-refractivity contribution in [1.29, 1.82) is 0 Å². The summed E-state index contributed by atoms with van der Waals surface area (Å²) in [7, 11) is 0. The zero-order valence-electron chi connectivity index (χ0n) is 13.1. The second kappa shape index (κ2) is 9.82. The molecule has 25 heavy (non-hydrogen) atoms.